The molecule has 12 nitrogen and oxygen atoms in total. The molecule has 1 aromatic carbocycles. The van der Waals surface area contributed by atoms with E-state index in [0.29, 0.717) is 58.5 Å². The Labute approximate surface area is 304 Å². The van der Waals surface area contributed by atoms with Gasteiger partial charge in [0.2, 0.25) is 0 Å². The number of nitrogens with one attached hydrogen (secondary N) is 1. The summed E-state index contributed by atoms with van der Waals surface area (Å²) in [6.45, 7) is 20.6. The molecule has 13 heteroatoms. The van der Waals surface area contributed by atoms with Gasteiger partial charge >= 0.3 is 6.09 Å². The Morgan fingerprint density at radius 1 is 1.02 bits per heavy atom. The van der Waals surface area contributed by atoms with Gasteiger partial charge in [0.25, 0.3) is 0 Å². The average molecular weight is 722 g/mol. The van der Waals surface area contributed by atoms with Crippen molar-refractivity contribution in [2.75, 3.05) is 75.9 Å². The zero-order valence-corrected chi connectivity index (χ0v) is 32.6. The summed E-state index contributed by atoms with van der Waals surface area (Å²) in [5.74, 6) is 0.939. The molecule has 3 aliphatic heterocycles. The fourth-order valence-corrected chi connectivity index (χ4v) is 7.99. The number of likely N-dealkylation sites (tertiary alicyclic amines) is 2. The molecular formula is C38H59N7O5Si. The number of carbonyl (C=O) groups is 1. The van der Waals surface area contributed by atoms with E-state index in [4.69, 9.17) is 24.2 Å². The Kier molecular flexibility index (Phi) is 11.6. The van der Waals surface area contributed by atoms with Crippen molar-refractivity contribution in [3.05, 3.63) is 36.7 Å². The molecule has 1 amide bonds. The van der Waals surface area contributed by atoms with Gasteiger partial charge in [-0.1, -0.05) is 31.8 Å². The first-order valence-corrected chi connectivity index (χ1v) is 22.5. The monoisotopic (exact) mass is 721 g/mol. The number of aliphatic hydroxyl groups is 1. The van der Waals surface area contributed by atoms with Gasteiger partial charge in [-0.2, -0.15) is 0 Å². The molecule has 0 aliphatic carbocycles. The van der Waals surface area contributed by atoms with Gasteiger partial charge in [0.05, 0.1) is 29.9 Å². The lowest BCUT2D eigenvalue weighted by molar-refractivity contribution is -0.0302. The SMILES string of the molecule is CC(C)(C)OC(=O)N1CCC(N2CCC(O)(CNc3ccc(-c4cc5c(N6CCOCC6)ncnc5n4COCC[Si](C)(C)C)cc3)CC2)CC1. The van der Waals surface area contributed by atoms with Gasteiger partial charge in [0, 0.05) is 72.2 Å². The number of hydrogen-bond acceptors (Lipinski definition) is 10. The number of piperidine rings is 2. The predicted octanol–water partition coefficient (Wildman–Crippen LogP) is 5.89. The van der Waals surface area contributed by atoms with Crippen LogP contribution >= 0.6 is 0 Å². The molecule has 280 valence electrons. The standard InChI is InChI=1S/C38H59N7O5Si/c1-37(2,3)50-36(46)44-15-11-31(12-16-44)42-17-13-38(47,14-18-42)26-39-30-9-7-29(8-10-30)33-25-32-34(43-19-21-48-22-20-43)40-27-41-35(32)45(33)28-49-23-24-51(4,5)6/h7-10,25,27,31,39,47H,11-24,26,28H2,1-6H3. The number of ether oxygens (including phenoxy) is 3. The maximum atomic E-state index is 12.5. The summed E-state index contributed by atoms with van der Waals surface area (Å²) in [6.07, 6.45) is 4.75. The molecule has 0 spiro atoms. The van der Waals surface area contributed by atoms with E-state index in [2.05, 4.69) is 69.7 Å². The molecule has 2 aromatic heterocycles. The van der Waals surface area contributed by atoms with Crippen molar-refractivity contribution < 1.29 is 24.1 Å². The van der Waals surface area contributed by atoms with Crippen LogP contribution in [0.5, 0.6) is 0 Å². The van der Waals surface area contributed by atoms with Crippen molar-refractivity contribution in [3.63, 3.8) is 0 Å². The van der Waals surface area contributed by atoms with E-state index in [1.165, 1.54) is 0 Å². The van der Waals surface area contributed by atoms with Crippen LogP contribution in [0.2, 0.25) is 25.7 Å². The van der Waals surface area contributed by atoms with Crippen LogP contribution in [0.1, 0.15) is 46.5 Å². The average Bonchev–Trinajstić information content (AvgIpc) is 3.48. The molecule has 3 fully saturated rings. The van der Waals surface area contributed by atoms with Crippen LogP contribution < -0.4 is 10.2 Å². The number of carbonyl (C=O) groups excluding carboxylic acids is 1. The maximum Gasteiger partial charge on any atom is 0.410 e. The molecule has 3 saturated heterocycles. The third-order valence-electron chi connectivity index (χ3n) is 10.4. The molecule has 5 heterocycles. The minimum Gasteiger partial charge on any atom is -0.444 e. The highest BCUT2D eigenvalue weighted by Crippen LogP contribution is 2.34. The number of anilines is 2. The Morgan fingerprint density at radius 2 is 1.71 bits per heavy atom. The lowest BCUT2D eigenvalue weighted by atomic mass is 9.89. The molecule has 6 rings (SSSR count). The van der Waals surface area contributed by atoms with Crippen LogP contribution in [0.25, 0.3) is 22.3 Å². The van der Waals surface area contributed by atoms with E-state index in [9.17, 15) is 9.90 Å². The molecule has 2 N–H and O–H groups in total. The number of morpholine rings is 1. The molecule has 0 bridgehead atoms. The summed E-state index contributed by atoms with van der Waals surface area (Å²) in [5, 5.41) is 16.0. The first-order valence-electron chi connectivity index (χ1n) is 18.8. The van der Waals surface area contributed by atoms with Gasteiger partial charge in [-0.3, -0.25) is 0 Å². The number of aromatic nitrogens is 3. The third-order valence-corrected chi connectivity index (χ3v) is 12.1. The summed E-state index contributed by atoms with van der Waals surface area (Å²) >= 11 is 0. The summed E-state index contributed by atoms with van der Waals surface area (Å²) in [4.78, 5) is 28.5. The minimum absolute atomic E-state index is 0.218. The summed E-state index contributed by atoms with van der Waals surface area (Å²) in [5.41, 5.74) is 2.73. The molecule has 0 radical (unpaired) electrons. The Bertz CT molecular complexity index is 1600. The highest BCUT2D eigenvalue weighted by Gasteiger charge is 2.36. The number of fused-ring (bicyclic) bond motifs is 1. The van der Waals surface area contributed by atoms with E-state index in [-0.39, 0.29) is 6.09 Å². The van der Waals surface area contributed by atoms with Crippen LogP contribution in [0.3, 0.4) is 0 Å². The van der Waals surface area contributed by atoms with Crippen molar-refractivity contribution in [2.45, 2.75) is 96.1 Å². The van der Waals surface area contributed by atoms with Crippen molar-refractivity contribution in [3.8, 4) is 11.3 Å². The van der Waals surface area contributed by atoms with E-state index in [1.807, 2.05) is 25.7 Å². The minimum atomic E-state index is -1.22. The van der Waals surface area contributed by atoms with E-state index in [0.717, 1.165) is 85.5 Å². The number of hydrogen-bond donors (Lipinski definition) is 2. The molecule has 3 aromatic rings. The zero-order chi connectivity index (χ0) is 36.2. The topological polar surface area (TPSA) is 117 Å². The van der Waals surface area contributed by atoms with Gasteiger partial charge in [-0.25, -0.2) is 14.8 Å². The maximum absolute atomic E-state index is 12.5. The van der Waals surface area contributed by atoms with Crippen LogP contribution in [0.15, 0.2) is 36.7 Å². The normalized spacial score (nSPS) is 19.4. The van der Waals surface area contributed by atoms with Crippen LogP contribution in [-0.2, 0) is 20.9 Å². The summed E-state index contributed by atoms with van der Waals surface area (Å²) in [6, 6.07) is 12.2. The van der Waals surface area contributed by atoms with Crippen molar-refractivity contribution in [2.24, 2.45) is 0 Å². The first kappa shape index (κ1) is 37.5. The van der Waals surface area contributed by atoms with Crippen molar-refractivity contribution in [1.29, 1.82) is 0 Å². The summed E-state index contributed by atoms with van der Waals surface area (Å²) in [7, 11) is -1.22. The van der Waals surface area contributed by atoms with Crippen LogP contribution in [0.4, 0.5) is 16.3 Å². The Morgan fingerprint density at radius 3 is 2.35 bits per heavy atom. The quantitative estimate of drug-likeness (QED) is 0.184. The van der Waals surface area contributed by atoms with Gasteiger partial charge in [-0.15, -0.1) is 0 Å². The Hall–Kier alpha value is -3.23. The lowest BCUT2D eigenvalue weighted by Gasteiger charge is -2.44. The summed E-state index contributed by atoms with van der Waals surface area (Å²) < 4.78 is 19.6. The van der Waals surface area contributed by atoms with Gasteiger partial charge in [0.1, 0.15) is 30.1 Å². The second-order valence-electron chi connectivity index (χ2n) is 16.7. The van der Waals surface area contributed by atoms with E-state index in [1.54, 1.807) is 6.33 Å². The van der Waals surface area contributed by atoms with Gasteiger partial charge in [-0.05, 0) is 76.3 Å². The lowest BCUT2D eigenvalue weighted by Crippen LogP contribution is -2.54. The van der Waals surface area contributed by atoms with Crippen LogP contribution in [0, 0.1) is 0 Å². The number of nitrogens with zero attached hydrogens (tertiary/aromatic N) is 6. The predicted molar refractivity (Wildman–Crippen MR) is 205 cm³/mol. The second-order valence-corrected chi connectivity index (χ2v) is 22.4. The highest BCUT2D eigenvalue weighted by molar-refractivity contribution is 6.76. The van der Waals surface area contributed by atoms with E-state index >= 15 is 0 Å². The van der Waals surface area contributed by atoms with Gasteiger partial charge in [0.15, 0.2) is 0 Å². The largest absolute Gasteiger partial charge is 0.444 e. The zero-order valence-electron chi connectivity index (χ0n) is 31.6. The number of rotatable bonds is 11. The Balaban J connectivity index is 1.07. The second kappa shape index (κ2) is 15.8. The third kappa shape index (κ3) is 9.81. The van der Waals surface area contributed by atoms with Crippen LogP contribution in [-0.4, -0.2) is 126 Å². The first-order chi connectivity index (χ1) is 24.3. The fraction of sp³-hybridized carbons (Fsp3) is 0.658. The fourth-order valence-electron chi connectivity index (χ4n) is 7.23. The molecule has 0 saturated carbocycles. The molecule has 3 aliphatic rings. The molecular weight excluding hydrogens is 663 g/mol. The van der Waals surface area contributed by atoms with Gasteiger partial charge < -0.3 is 43.9 Å². The van der Waals surface area contributed by atoms with Crippen molar-refractivity contribution in [1.82, 2.24) is 24.3 Å². The smallest absolute Gasteiger partial charge is 0.410 e. The highest BCUT2D eigenvalue weighted by atomic mass is 28.3. The van der Waals surface area contributed by atoms with Crippen molar-refractivity contribution >= 4 is 36.7 Å². The number of benzene rings is 1. The number of amides is 1. The molecule has 0 atom stereocenters. The molecule has 51 heavy (non-hydrogen) atoms. The van der Waals surface area contributed by atoms with E-state index < -0.39 is 19.3 Å². The molecule has 0 unspecified atom stereocenters.